The molecule has 0 atom stereocenters. The molecule has 0 amide bonds. The first kappa shape index (κ1) is 19.3. The van der Waals surface area contributed by atoms with E-state index in [2.05, 4.69) is 6.92 Å². The number of halogens is 4. The highest BCUT2D eigenvalue weighted by molar-refractivity contribution is 6.38. The summed E-state index contributed by atoms with van der Waals surface area (Å²) in [5, 5.41) is 1.83. The summed E-state index contributed by atoms with van der Waals surface area (Å²) in [5.41, 5.74) is 2.43. The molecule has 0 bridgehead atoms. The summed E-state index contributed by atoms with van der Waals surface area (Å²) in [6.07, 6.45) is 4.70. The van der Waals surface area contributed by atoms with Crippen LogP contribution in [0.25, 0.3) is 11.1 Å². The molecule has 0 saturated heterocycles. The molecule has 0 aliphatic heterocycles. The van der Waals surface area contributed by atoms with E-state index in [4.69, 9.17) is 46.4 Å². The van der Waals surface area contributed by atoms with Gasteiger partial charge in [-0.1, -0.05) is 59.4 Å². The Morgan fingerprint density at radius 2 is 1.50 bits per heavy atom. The number of benzene rings is 2. The summed E-state index contributed by atoms with van der Waals surface area (Å²) in [6, 6.07) is 10.1. The van der Waals surface area contributed by atoms with Gasteiger partial charge in [-0.3, -0.25) is 4.79 Å². The fraction of sp³-hybridized carbons (Fsp3) is 0.150. The van der Waals surface area contributed by atoms with E-state index < -0.39 is 0 Å². The quantitative estimate of drug-likeness (QED) is 0.389. The van der Waals surface area contributed by atoms with Gasteiger partial charge in [0.1, 0.15) is 0 Å². The third kappa shape index (κ3) is 3.94. The molecule has 0 N–H and O–H groups in total. The maximum Gasteiger partial charge on any atom is 0.196 e. The SMILES string of the molecule is CCCn1cc(C(=O)c2ccc(Cl)cc2Cl)c(-c2ccc(Cl)cc2Cl)c1. The minimum atomic E-state index is -0.178. The first-order valence-corrected chi connectivity index (χ1v) is 9.57. The zero-order chi connectivity index (χ0) is 18.8. The predicted octanol–water partition coefficient (Wildman–Crippen LogP) is 7.41. The monoisotopic (exact) mass is 425 g/mol. The molecule has 1 aromatic heterocycles. The summed E-state index contributed by atoms with van der Waals surface area (Å²) >= 11 is 24.6. The molecule has 1 heterocycles. The fourth-order valence-electron chi connectivity index (χ4n) is 2.82. The molecule has 3 rings (SSSR count). The van der Waals surface area contributed by atoms with Crippen LogP contribution in [0.5, 0.6) is 0 Å². The van der Waals surface area contributed by atoms with Crippen LogP contribution >= 0.6 is 46.4 Å². The number of hydrogen-bond donors (Lipinski definition) is 0. The van der Waals surface area contributed by atoms with Crippen LogP contribution in [-0.4, -0.2) is 10.4 Å². The fourth-order valence-corrected chi connectivity index (χ4v) is 3.82. The van der Waals surface area contributed by atoms with Gasteiger partial charge in [0, 0.05) is 56.3 Å². The van der Waals surface area contributed by atoms with Gasteiger partial charge in [-0.15, -0.1) is 0 Å². The first-order chi connectivity index (χ1) is 12.4. The van der Waals surface area contributed by atoms with Crippen molar-refractivity contribution in [3.8, 4) is 11.1 Å². The Bertz CT molecular complexity index is 978. The van der Waals surface area contributed by atoms with Crippen molar-refractivity contribution < 1.29 is 4.79 Å². The third-order valence-corrected chi connectivity index (χ3v) is 5.10. The second-order valence-corrected chi connectivity index (χ2v) is 7.59. The highest BCUT2D eigenvalue weighted by Gasteiger charge is 2.21. The van der Waals surface area contributed by atoms with Gasteiger partial charge in [-0.2, -0.15) is 0 Å². The number of hydrogen-bond acceptors (Lipinski definition) is 1. The molecule has 0 saturated carbocycles. The van der Waals surface area contributed by atoms with Crippen molar-refractivity contribution in [2.75, 3.05) is 0 Å². The van der Waals surface area contributed by atoms with E-state index in [0.717, 1.165) is 24.1 Å². The second kappa shape index (κ2) is 8.06. The summed E-state index contributed by atoms with van der Waals surface area (Å²) in [6.45, 7) is 2.87. The van der Waals surface area contributed by atoms with Gasteiger partial charge in [-0.05, 0) is 36.8 Å². The van der Waals surface area contributed by atoms with Crippen LogP contribution in [0.3, 0.4) is 0 Å². The molecule has 0 unspecified atom stereocenters. The average molecular weight is 427 g/mol. The molecule has 134 valence electrons. The van der Waals surface area contributed by atoms with Crippen molar-refractivity contribution in [3.63, 3.8) is 0 Å². The molecular weight excluding hydrogens is 412 g/mol. The smallest absolute Gasteiger partial charge is 0.196 e. The van der Waals surface area contributed by atoms with E-state index in [0.29, 0.717) is 31.2 Å². The van der Waals surface area contributed by atoms with Gasteiger partial charge in [0.2, 0.25) is 0 Å². The number of ketones is 1. The summed E-state index contributed by atoms with van der Waals surface area (Å²) in [7, 11) is 0. The lowest BCUT2D eigenvalue weighted by Crippen LogP contribution is -2.03. The molecule has 26 heavy (non-hydrogen) atoms. The molecule has 0 spiro atoms. The van der Waals surface area contributed by atoms with Gasteiger partial charge in [0.25, 0.3) is 0 Å². The van der Waals surface area contributed by atoms with Gasteiger partial charge in [0.15, 0.2) is 5.78 Å². The van der Waals surface area contributed by atoms with Crippen LogP contribution in [0.15, 0.2) is 48.8 Å². The van der Waals surface area contributed by atoms with E-state index in [9.17, 15) is 4.79 Å². The minimum Gasteiger partial charge on any atom is -0.353 e. The molecule has 0 radical (unpaired) electrons. The molecule has 6 heteroatoms. The number of carbonyl (C=O) groups excluding carboxylic acids is 1. The zero-order valence-electron chi connectivity index (χ0n) is 13.9. The van der Waals surface area contributed by atoms with Crippen LogP contribution in [0.1, 0.15) is 29.3 Å². The lowest BCUT2D eigenvalue weighted by Gasteiger charge is -2.08. The molecule has 0 fully saturated rings. The van der Waals surface area contributed by atoms with Gasteiger partial charge in [-0.25, -0.2) is 0 Å². The maximum atomic E-state index is 13.2. The molecule has 2 aromatic carbocycles. The lowest BCUT2D eigenvalue weighted by molar-refractivity contribution is 0.103. The molecule has 2 nitrogen and oxygen atoms in total. The molecule has 3 aromatic rings. The van der Waals surface area contributed by atoms with Crippen LogP contribution in [0, 0.1) is 0 Å². The van der Waals surface area contributed by atoms with Crippen molar-refractivity contribution in [1.29, 1.82) is 0 Å². The van der Waals surface area contributed by atoms with Crippen molar-refractivity contribution in [1.82, 2.24) is 4.57 Å². The molecular formula is C20H15Cl4NO. The minimum absolute atomic E-state index is 0.178. The maximum absolute atomic E-state index is 13.2. The Balaban J connectivity index is 2.15. The number of nitrogens with zero attached hydrogens (tertiary/aromatic N) is 1. The van der Waals surface area contributed by atoms with Crippen molar-refractivity contribution >= 4 is 52.2 Å². The van der Waals surface area contributed by atoms with E-state index in [1.807, 2.05) is 23.0 Å². The Morgan fingerprint density at radius 1 is 0.846 bits per heavy atom. The number of carbonyl (C=O) groups is 1. The van der Waals surface area contributed by atoms with Gasteiger partial charge < -0.3 is 4.57 Å². The van der Waals surface area contributed by atoms with Gasteiger partial charge in [0.05, 0.1) is 5.02 Å². The molecule has 0 aliphatic carbocycles. The summed E-state index contributed by atoms with van der Waals surface area (Å²) in [5.74, 6) is -0.178. The number of rotatable bonds is 5. The average Bonchev–Trinajstić information content (AvgIpc) is 2.98. The Hall–Kier alpha value is -1.45. The number of aryl methyl sites for hydroxylation is 1. The van der Waals surface area contributed by atoms with Crippen LogP contribution in [0.4, 0.5) is 0 Å². The third-order valence-electron chi connectivity index (χ3n) is 4.00. The molecule has 0 aliphatic rings. The Morgan fingerprint density at radius 3 is 2.12 bits per heavy atom. The van der Waals surface area contributed by atoms with E-state index in [1.54, 1.807) is 30.3 Å². The van der Waals surface area contributed by atoms with Crippen molar-refractivity contribution in [2.45, 2.75) is 19.9 Å². The Labute approximate surface area is 172 Å². The predicted molar refractivity (Wildman–Crippen MR) is 110 cm³/mol. The summed E-state index contributed by atoms with van der Waals surface area (Å²) in [4.78, 5) is 13.2. The van der Waals surface area contributed by atoms with Crippen LogP contribution in [-0.2, 0) is 6.54 Å². The Kier molecular flexibility index (Phi) is 5.99. The first-order valence-electron chi connectivity index (χ1n) is 8.05. The highest BCUT2D eigenvalue weighted by atomic mass is 35.5. The van der Waals surface area contributed by atoms with Crippen LogP contribution < -0.4 is 0 Å². The highest BCUT2D eigenvalue weighted by Crippen LogP contribution is 2.35. The van der Waals surface area contributed by atoms with E-state index >= 15 is 0 Å². The lowest BCUT2D eigenvalue weighted by atomic mass is 9.98. The van der Waals surface area contributed by atoms with Crippen molar-refractivity contribution in [3.05, 3.63) is 80.0 Å². The zero-order valence-corrected chi connectivity index (χ0v) is 16.9. The van der Waals surface area contributed by atoms with Crippen molar-refractivity contribution in [2.24, 2.45) is 0 Å². The topological polar surface area (TPSA) is 22.0 Å². The summed E-state index contributed by atoms with van der Waals surface area (Å²) < 4.78 is 1.98. The normalized spacial score (nSPS) is 11.0. The van der Waals surface area contributed by atoms with Gasteiger partial charge >= 0.3 is 0 Å². The van der Waals surface area contributed by atoms with E-state index in [-0.39, 0.29) is 5.78 Å². The number of aromatic nitrogens is 1. The largest absolute Gasteiger partial charge is 0.353 e. The van der Waals surface area contributed by atoms with E-state index in [1.165, 1.54) is 0 Å². The van der Waals surface area contributed by atoms with Crippen LogP contribution in [0.2, 0.25) is 20.1 Å². The second-order valence-electron chi connectivity index (χ2n) is 5.90. The standard InChI is InChI=1S/C20H15Cl4NO/c1-2-7-25-10-16(14-5-3-12(21)8-18(14)23)17(11-25)20(26)15-6-4-13(22)9-19(15)24/h3-6,8-11H,2,7H2,1H3.